The van der Waals surface area contributed by atoms with E-state index in [0.717, 1.165) is 63.9 Å². The van der Waals surface area contributed by atoms with Gasteiger partial charge in [0.25, 0.3) is 11.9 Å². The number of piperidine rings is 3. The summed E-state index contributed by atoms with van der Waals surface area (Å²) in [5, 5.41) is 23.3. The third kappa shape index (κ3) is 8.29. The summed E-state index contributed by atoms with van der Waals surface area (Å²) >= 11 is 0. The highest BCUT2D eigenvalue weighted by Crippen LogP contribution is 2.40. The molecule has 198 valence electrons. The molecule has 3 fully saturated rings. The second kappa shape index (κ2) is 13.4. The van der Waals surface area contributed by atoms with Gasteiger partial charge in [0, 0.05) is 65.2 Å². The summed E-state index contributed by atoms with van der Waals surface area (Å²) in [4.78, 5) is 23.7. The van der Waals surface area contributed by atoms with Crippen LogP contribution in [0, 0.1) is 11.8 Å². The van der Waals surface area contributed by atoms with Crippen LogP contribution in [0.5, 0.6) is 0 Å². The lowest BCUT2D eigenvalue weighted by molar-refractivity contribution is -0.135. The summed E-state index contributed by atoms with van der Waals surface area (Å²) in [6.45, 7) is 12.7. The molecule has 3 saturated heterocycles. The van der Waals surface area contributed by atoms with E-state index in [9.17, 15) is 0 Å². The summed E-state index contributed by atoms with van der Waals surface area (Å²) in [6, 6.07) is 4.09. The lowest BCUT2D eigenvalue weighted by Crippen LogP contribution is -2.61. The number of likely N-dealkylation sites (tertiary alicyclic amines) is 1. The van der Waals surface area contributed by atoms with Gasteiger partial charge in [-0.05, 0) is 56.6 Å². The van der Waals surface area contributed by atoms with E-state index in [2.05, 4.69) is 32.8 Å². The molecule has 1 aromatic rings. The number of nitrogens with zero attached hydrogens (tertiary/aromatic N) is 4. The van der Waals surface area contributed by atoms with Crippen LogP contribution in [0.25, 0.3) is 0 Å². The topological polar surface area (TPSA) is 111 Å². The standard InChI is InChI=1S/C22H37N5.2C2H4O2/c1-2-5-20-6-3-7-22-18-10-17(14-26(20)22)13-25(15-18)16-19-11-21-12-23-8-4-9-27(21)24-19;2*1-2(3)4/h11,17-18,20,22-23H,2-10,12-16H2,1H3;2*1H3,(H,3,4)/t17-,18+,20-,22-;;/m0../s1. The average Bonchev–Trinajstić information content (AvgIpc) is 3.01. The van der Waals surface area contributed by atoms with Crippen LogP contribution in [0.1, 0.15) is 77.1 Å². The van der Waals surface area contributed by atoms with Gasteiger partial charge in [0.2, 0.25) is 0 Å². The van der Waals surface area contributed by atoms with Gasteiger partial charge in [-0.2, -0.15) is 5.10 Å². The Kier molecular flexibility index (Phi) is 10.5. The molecule has 4 atom stereocenters. The first-order valence-corrected chi connectivity index (χ1v) is 13.4. The van der Waals surface area contributed by atoms with E-state index < -0.39 is 11.9 Å². The van der Waals surface area contributed by atoms with Crippen molar-refractivity contribution in [3.8, 4) is 0 Å². The van der Waals surface area contributed by atoms with Gasteiger partial charge in [-0.25, -0.2) is 0 Å². The Balaban J connectivity index is 0.000000376. The normalized spacial score (nSPS) is 28.2. The van der Waals surface area contributed by atoms with Gasteiger partial charge in [0.1, 0.15) is 0 Å². The van der Waals surface area contributed by atoms with E-state index >= 15 is 0 Å². The molecule has 1 aromatic heterocycles. The maximum absolute atomic E-state index is 9.00. The number of nitrogens with one attached hydrogen (secondary N) is 1. The predicted molar refractivity (Wildman–Crippen MR) is 135 cm³/mol. The summed E-state index contributed by atoms with van der Waals surface area (Å²) in [7, 11) is 0. The molecule has 0 spiro atoms. The molecule has 4 aliphatic heterocycles. The fraction of sp³-hybridized carbons (Fsp3) is 0.808. The van der Waals surface area contributed by atoms with Crippen LogP contribution in [0.2, 0.25) is 0 Å². The van der Waals surface area contributed by atoms with Crippen LogP contribution >= 0.6 is 0 Å². The number of fused-ring (bicyclic) bond motifs is 5. The van der Waals surface area contributed by atoms with Crippen molar-refractivity contribution in [3.63, 3.8) is 0 Å². The van der Waals surface area contributed by atoms with Gasteiger partial charge in [0.15, 0.2) is 0 Å². The molecular weight excluding hydrogens is 446 g/mol. The maximum Gasteiger partial charge on any atom is 0.300 e. The van der Waals surface area contributed by atoms with E-state index in [0.29, 0.717) is 0 Å². The first-order chi connectivity index (χ1) is 16.8. The van der Waals surface area contributed by atoms with Crippen LogP contribution in [0.3, 0.4) is 0 Å². The van der Waals surface area contributed by atoms with Crippen molar-refractivity contribution >= 4 is 11.9 Å². The second-order valence-corrected chi connectivity index (χ2v) is 10.6. The van der Waals surface area contributed by atoms with Gasteiger partial charge < -0.3 is 15.5 Å². The molecule has 4 aliphatic rings. The summed E-state index contributed by atoms with van der Waals surface area (Å²) in [5.41, 5.74) is 2.67. The minimum atomic E-state index is -0.833. The SMILES string of the molecule is CC(=O)O.CC(=O)O.CCC[C@H]1CCC[C@H]2[C@@H]3C[C@@H](CN(Cc4cc5n(n4)CCCNC5)C3)CN12. The molecule has 5 heterocycles. The molecule has 5 rings (SSSR count). The Morgan fingerprint density at radius 2 is 1.86 bits per heavy atom. The zero-order valence-electron chi connectivity index (χ0n) is 21.8. The van der Waals surface area contributed by atoms with Crippen LogP contribution in [0.4, 0.5) is 0 Å². The lowest BCUT2D eigenvalue weighted by Gasteiger charge is -2.55. The van der Waals surface area contributed by atoms with Crippen molar-refractivity contribution in [2.24, 2.45) is 11.8 Å². The smallest absolute Gasteiger partial charge is 0.300 e. The first-order valence-electron chi connectivity index (χ1n) is 13.4. The van der Waals surface area contributed by atoms with Gasteiger partial charge in [-0.1, -0.05) is 19.8 Å². The van der Waals surface area contributed by atoms with Crippen LogP contribution in [0.15, 0.2) is 6.07 Å². The van der Waals surface area contributed by atoms with Crippen LogP contribution < -0.4 is 5.32 Å². The number of aliphatic carboxylic acids is 2. The van der Waals surface area contributed by atoms with Gasteiger partial charge in [-0.15, -0.1) is 0 Å². The first kappa shape index (κ1) is 27.6. The molecule has 0 unspecified atom stereocenters. The van der Waals surface area contributed by atoms with Gasteiger partial charge >= 0.3 is 0 Å². The third-order valence-corrected chi connectivity index (χ3v) is 7.54. The highest BCUT2D eigenvalue weighted by atomic mass is 16.4. The third-order valence-electron chi connectivity index (χ3n) is 7.54. The number of aryl methyl sites for hydroxylation is 1. The zero-order chi connectivity index (χ0) is 25.4. The zero-order valence-corrected chi connectivity index (χ0v) is 21.8. The summed E-state index contributed by atoms with van der Waals surface area (Å²) in [6.07, 6.45) is 9.76. The van der Waals surface area contributed by atoms with E-state index in [4.69, 9.17) is 24.9 Å². The molecule has 0 aliphatic carbocycles. The monoisotopic (exact) mass is 491 g/mol. The van der Waals surface area contributed by atoms with E-state index in [1.54, 1.807) is 0 Å². The number of carbonyl (C=O) groups is 2. The number of carboxylic acid groups (broad SMARTS) is 2. The van der Waals surface area contributed by atoms with Gasteiger partial charge in [0.05, 0.1) is 11.4 Å². The van der Waals surface area contributed by atoms with Gasteiger partial charge in [-0.3, -0.25) is 24.1 Å². The summed E-state index contributed by atoms with van der Waals surface area (Å²) < 4.78 is 2.25. The van der Waals surface area contributed by atoms with Crippen molar-refractivity contribution in [3.05, 3.63) is 17.5 Å². The highest BCUT2D eigenvalue weighted by molar-refractivity contribution is 5.63. The Bertz CT molecular complexity index is 783. The van der Waals surface area contributed by atoms with Crippen LogP contribution in [-0.2, 0) is 29.2 Å². The molecule has 0 saturated carbocycles. The Morgan fingerprint density at radius 1 is 1.11 bits per heavy atom. The molecule has 9 nitrogen and oxygen atoms in total. The van der Waals surface area contributed by atoms with Crippen molar-refractivity contribution in [1.82, 2.24) is 24.9 Å². The number of carboxylic acids is 2. The number of hydrogen-bond acceptors (Lipinski definition) is 6. The summed E-state index contributed by atoms with van der Waals surface area (Å²) in [5.74, 6) is 0.0961. The Hall–Kier alpha value is -1.97. The fourth-order valence-electron chi connectivity index (χ4n) is 6.51. The molecule has 0 aromatic carbocycles. The predicted octanol–water partition coefficient (Wildman–Crippen LogP) is 3.03. The molecule has 0 amide bonds. The largest absolute Gasteiger partial charge is 0.481 e. The van der Waals surface area contributed by atoms with E-state index in [1.807, 2.05) is 0 Å². The molecule has 3 N–H and O–H groups in total. The number of aromatic nitrogens is 2. The van der Waals surface area contributed by atoms with Crippen molar-refractivity contribution in [2.45, 2.75) is 97.4 Å². The minimum absolute atomic E-state index is 0.833. The van der Waals surface area contributed by atoms with Crippen molar-refractivity contribution in [2.75, 3.05) is 26.2 Å². The lowest BCUT2D eigenvalue weighted by atomic mass is 9.74. The molecule has 2 bridgehead atoms. The van der Waals surface area contributed by atoms with Crippen molar-refractivity contribution in [1.29, 1.82) is 0 Å². The quantitative estimate of drug-likeness (QED) is 0.589. The second-order valence-electron chi connectivity index (χ2n) is 10.6. The Labute approximate surface area is 209 Å². The van der Waals surface area contributed by atoms with Crippen molar-refractivity contribution < 1.29 is 19.8 Å². The molecule has 0 radical (unpaired) electrons. The van der Waals surface area contributed by atoms with E-state index in [-0.39, 0.29) is 0 Å². The maximum atomic E-state index is 9.00. The molecular formula is C26H45N5O4. The number of hydrogen-bond donors (Lipinski definition) is 3. The number of rotatable bonds is 4. The average molecular weight is 492 g/mol. The highest BCUT2D eigenvalue weighted by Gasteiger charge is 2.44. The molecule has 9 heteroatoms. The minimum Gasteiger partial charge on any atom is -0.481 e. The molecule has 35 heavy (non-hydrogen) atoms. The Morgan fingerprint density at radius 3 is 2.57 bits per heavy atom. The van der Waals surface area contributed by atoms with E-state index in [1.165, 1.54) is 76.0 Å². The van der Waals surface area contributed by atoms with Crippen LogP contribution in [-0.4, -0.2) is 80.0 Å². The fourth-order valence-corrected chi connectivity index (χ4v) is 6.51.